The van der Waals surface area contributed by atoms with E-state index in [2.05, 4.69) is 16.4 Å². The van der Waals surface area contributed by atoms with Gasteiger partial charge in [0.15, 0.2) is 5.69 Å². The molecule has 0 aliphatic carbocycles. The average molecular weight is 361 g/mol. The van der Waals surface area contributed by atoms with Crippen molar-refractivity contribution in [2.24, 2.45) is 0 Å². The lowest BCUT2D eigenvalue weighted by molar-refractivity contribution is -0.435. The number of hydrogen-bond donors (Lipinski definition) is 1. The Morgan fingerprint density at radius 3 is 2.75 bits per heavy atom. The third-order valence-electron chi connectivity index (χ3n) is 3.67. The van der Waals surface area contributed by atoms with Crippen LogP contribution in [0.3, 0.4) is 0 Å². The second-order valence-corrected chi connectivity index (χ2v) is 7.37. The maximum Gasteiger partial charge on any atom is 0.257 e. The third kappa shape index (κ3) is 4.08. The second kappa shape index (κ2) is 7.69. The molecule has 1 unspecified atom stereocenters. The minimum atomic E-state index is -0.368. The van der Waals surface area contributed by atoms with Gasteiger partial charge in [-0.1, -0.05) is 17.7 Å². The van der Waals surface area contributed by atoms with Crippen LogP contribution < -0.4 is 10.3 Å². The number of aryl methyl sites for hydroxylation is 2. The molecule has 124 valence electrons. The standard InChI is InChI=1S/C18H18ClN3OS/c1-10-8-11(2)21-18(14(10)9-20)24-13(4)17(23)22-16-7-5-6-15(19)12(16)3/h5-8,13H,1-4H3,(H,22,23)/p+1. The first kappa shape index (κ1) is 18.3. The molecule has 1 aromatic heterocycles. The summed E-state index contributed by atoms with van der Waals surface area (Å²) in [5.41, 5.74) is 3.95. The maximum absolute atomic E-state index is 12.5. The topological polar surface area (TPSA) is 67.0 Å². The van der Waals surface area contributed by atoms with Crippen LogP contribution in [0.25, 0.3) is 0 Å². The van der Waals surface area contributed by atoms with Crippen molar-refractivity contribution in [2.45, 2.75) is 38.0 Å². The summed E-state index contributed by atoms with van der Waals surface area (Å²) >= 11 is 7.42. The summed E-state index contributed by atoms with van der Waals surface area (Å²) in [5, 5.41) is 13.2. The van der Waals surface area contributed by atoms with Crippen LogP contribution in [0.1, 0.15) is 29.3 Å². The number of benzene rings is 1. The summed E-state index contributed by atoms with van der Waals surface area (Å²) < 4.78 is 0. The Bertz CT molecular complexity index is 830. The average Bonchev–Trinajstić information content (AvgIpc) is 2.51. The second-order valence-electron chi connectivity index (χ2n) is 5.61. The van der Waals surface area contributed by atoms with Crippen molar-refractivity contribution in [3.05, 3.63) is 51.7 Å². The van der Waals surface area contributed by atoms with E-state index in [9.17, 15) is 10.1 Å². The highest BCUT2D eigenvalue weighted by molar-refractivity contribution is 8.00. The van der Waals surface area contributed by atoms with Gasteiger partial charge in [0.05, 0.1) is 5.25 Å². The quantitative estimate of drug-likeness (QED) is 0.835. The molecular formula is C18H19ClN3OS+. The van der Waals surface area contributed by atoms with E-state index >= 15 is 0 Å². The minimum absolute atomic E-state index is 0.137. The predicted octanol–water partition coefficient (Wildman–Crippen LogP) is 4.07. The molecule has 6 heteroatoms. The number of aromatic amines is 1. The number of aromatic nitrogens is 1. The number of carbonyl (C=O) groups excluding carboxylic acids is 1. The SMILES string of the molecule is Cc1cc(C)c(C#N)c(SC(C)C(=O)Nc2cccc(Cl)c2C)[nH+]1. The van der Waals surface area contributed by atoms with Gasteiger partial charge in [-0.05, 0) is 55.8 Å². The molecule has 0 saturated heterocycles. The van der Waals surface area contributed by atoms with Gasteiger partial charge in [0.1, 0.15) is 11.6 Å². The van der Waals surface area contributed by atoms with Gasteiger partial charge in [-0.25, -0.2) is 4.98 Å². The molecule has 0 spiro atoms. The van der Waals surface area contributed by atoms with Gasteiger partial charge >= 0.3 is 0 Å². The number of thioether (sulfide) groups is 1. The lowest BCUT2D eigenvalue weighted by Crippen LogP contribution is -2.25. The van der Waals surface area contributed by atoms with Crippen LogP contribution in [0.4, 0.5) is 5.69 Å². The van der Waals surface area contributed by atoms with Crippen molar-refractivity contribution in [2.75, 3.05) is 5.32 Å². The van der Waals surface area contributed by atoms with E-state index in [1.54, 1.807) is 12.1 Å². The van der Waals surface area contributed by atoms with Crippen LogP contribution in [0.2, 0.25) is 5.02 Å². The first-order chi connectivity index (χ1) is 11.3. The van der Waals surface area contributed by atoms with E-state index in [1.807, 2.05) is 39.8 Å². The van der Waals surface area contributed by atoms with Crippen molar-refractivity contribution in [3.8, 4) is 6.07 Å². The molecule has 1 heterocycles. The van der Waals surface area contributed by atoms with Gasteiger partial charge in [-0.2, -0.15) is 5.26 Å². The van der Waals surface area contributed by atoms with Crippen LogP contribution in [0.5, 0.6) is 0 Å². The molecule has 0 aliphatic rings. The predicted molar refractivity (Wildman–Crippen MR) is 97.3 cm³/mol. The Kier molecular flexibility index (Phi) is 5.87. The summed E-state index contributed by atoms with van der Waals surface area (Å²) in [4.78, 5) is 15.7. The molecule has 0 bridgehead atoms. The Hall–Kier alpha value is -2.03. The van der Waals surface area contributed by atoms with E-state index in [0.29, 0.717) is 21.3 Å². The molecular weight excluding hydrogens is 342 g/mol. The number of pyridine rings is 1. The number of nitrogens with one attached hydrogen (secondary N) is 2. The highest BCUT2D eigenvalue weighted by Crippen LogP contribution is 2.27. The fraction of sp³-hybridized carbons (Fsp3) is 0.278. The molecule has 2 rings (SSSR count). The zero-order valence-electron chi connectivity index (χ0n) is 14.0. The molecule has 24 heavy (non-hydrogen) atoms. The van der Waals surface area contributed by atoms with Gasteiger partial charge in [0.2, 0.25) is 5.91 Å². The van der Waals surface area contributed by atoms with Crippen molar-refractivity contribution < 1.29 is 9.78 Å². The van der Waals surface area contributed by atoms with E-state index in [0.717, 1.165) is 16.8 Å². The Labute approximate surface area is 151 Å². The number of carbonyl (C=O) groups is 1. The summed E-state index contributed by atoms with van der Waals surface area (Å²) in [6, 6.07) is 9.53. The number of nitriles is 1. The number of amides is 1. The van der Waals surface area contributed by atoms with E-state index in [1.165, 1.54) is 11.8 Å². The number of halogens is 1. The van der Waals surface area contributed by atoms with Gasteiger partial charge < -0.3 is 5.32 Å². The molecule has 2 N–H and O–H groups in total. The summed E-state index contributed by atoms with van der Waals surface area (Å²) in [6.07, 6.45) is 0. The molecule has 2 aromatic rings. The van der Waals surface area contributed by atoms with Crippen molar-refractivity contribution in [1.29, 1.82) is 5.26 Å². The molecule has 1 amide bonds. The van der Waals surface area contributed by atoms with Crippen molar-refractivity contribution in [3.63, 3.8) is 0 Å². The molecule has 0 saturated carbocycles. The fourth-order valence-corrected chi connectivity index (χ4v) is 3.53. The highest BCUT2D eigenvalue weighted by Gasteiger charge is 2.23. The highest BCUT2D eigenvalue weighted by atomic mass is 35.5. The zero-order chi connectivity index (χ0) is 17.9. The largest absolute Gasteiger partial charge is 0.325 e. The maximum atomic E-state index is 12.5. The first-order valence-corrected chi connectivity index (χ1v) is 8.75. The molecule has 1 atom stereocenters. The van der Waals surface area contributed by atoms with Crippen LogP contribution in [0.15, 0.2) is 29.3 Å². The first-order valence-electron chi connectivity index (χ1n) is 7.49. The van der Waals surface area contributed by atoms with Crippen LogP contribution in [-0.2, 0) is 4.79 Å². The molecule has 0 radical (unpaired) electrons. The smallest absolute Gasteiger partial charge is 0.257 e. The van der Waals surface area contributed by atoms with Crippen molar-refractivity contribution >= 4 is 35.0 Å². The van der Waals surface area contributed by atoms with Crippen LogP contribution in [-0.4, -0.2) is 11.2 Å². The lowest BCUT2D eigenvalue weighted by Gasteiger charge is -2.13. The summed E-state index contributed by atoms with van der Waals surface area (Å²) in [5.74, 6) is -0.137. The zero-order valence-corrected chi connectivity index (χ0v) is 15.6. The Balaban J connectivity index is 2.18. The fourth-order valence-electron chi connectivity index (χ4n) is 2.29. The van der Waals surface area contributed by atoms with Gasteiger partial charge in [0.25, 0.3) is 5.03 Å². The van der Waals surface area contributed by atoms with E-state index in [4.69, 9.17) is 11.6 Å². The third-order valence-corrected chi connectivity index (χ3v) is 5.19. The molecule has 1 aromatic carbocycles. The minimum Gasteiger partial charge on any atom is -0.325 e. The van der Waals surface area contributed by atoms with Crippen molar-refractivity contribution in [1.82, 2.24) is 0 Å². The number of rotatable bonds is 4. The molecule has 0 fully saturated rings. The number of H-pyrrole nitrogens is 1. The van der Waals surface area contributed by atoms with Crippen LogP contribution >= 0.6 is 23.4 Å². The summed E-state index contributed by atoms with van der Waals surface area (Å²) in [7, 11) is 0. The van der Waals surface area contributed by atoms with E-state index < -0.39 is 0 Å². The molecule has 0 aliphatic heterocycles. The van der Waals surface area contributed by atoms with Gasteiger partial charge in [-0.15, -0.1) is 0 Å². The summed E-state index contributed by atoms with van der Waals surface area (Å²) in [6.45, 7) is 7.50. The van der Waals surface area contributed by atoms with Gasteiger partial charge in [0, 0.05) is 23.7 Å². The van der Waals surface area contributed by atoms with E-state index in [-0.39, 0.29) is 11.2 Å². The van der Waals surface area contributed by atoms with Gasteiger partial charge in [-0.3, -0.25) is 4.79 Å². The monoisotopic (exact) mass is 360 g/mol. The Morgan fingerprint density at radius 1 is 1.38 bits per heavy atom. The lowest BCUT2D eigenvalue weighted by atomic mass is 10.1. The number of nitrogens with zero attached hydrogens (tertiary/aromatic N) is 1. The normalized spacial score (nSPS) is 11.7. The number of hydrogen-bond acceptors (Lipinski definition) is 3. The van der Waals surface area contributed by atoms with Crippen LogP contribution in [0, 0.1) is 32.1 Å². The Morgan fingerprint density at radius 2 is 2.08 bits per heavy atom. The molecule has 4 nitrogen and oxygen atoms in total. The number of anilines is 1.